The van der Waals surface area contributed by atoms with Crippen LogP contribution in [0.3, 0.4) is 0 Å². The highest BCUT2D eigenvalue weighted by Gasteiger charge is 2.23. The van der Waals surface area contributed by atoms with E-state index in [9.17, 15) is 20.0 Å². The van der Waals surface area contributed by atoms with Crippen LogP contribution < -0.4 is 0 Å². The predicted octanol–water partition coefficient (Wildman–Crippen LogP) is 1.78. The lowest BCUT2D eigenvalue weighted by atomic mass is 9.86. The maximum atomic E-state index is 10.7. The summed E-state index contributed by atoms with van der Waals surface area (Å²) in [7, 11) is 0. The zero-order valence-electron chi connectivity index (χ0n) is 8.43. The molecule has 0 radical (unpaired) electrons. The summed E-state index contributed by atoms with van der Waals surface area (Å²) in [4.78, 5) is 20.5. The number of nitro benzene ring substituents is 1. The van der Waals surface area contributed by atoms with Crippen LogP contribution in [0.15, 0.2) is 18.2 Å². The summed E-state index contributed by atoms with van der Waals surface area (Å²) in [5.74, 6) is -0.424. The van der Waals surface area contributed by atoms with Crippen LogP contribution in [-0.4, -0.2) is 16.3 Å². The van der Waals surface area contributed by atoms with Gasteiger partial charge >= 0.3 is 5.69 Å². The van der Waals surface area contributed by atoms with Crippen LogP contribution in [-0.2, 0) is 10.2 Å². The number of rotatable bonds is 3. The average Bonchev–Trinajstić information content (AvgIpc) is 2.17. The summed E-state index contributed by atoms with van der Waals surface area (Å²) in [6, 6.07) is 3.90. The molecule has 0 amide bonds. The quantitative estimate of drug-likeness (QED) is 0.467. The molecule has 0 bridgehead atoms. The van der Waals surface area contributed by atoms with Crippen molar-refractivity contribution >= 4 is 12.0 Å². The first-order chi connectivity index (χ1) is 6.88. The second-order valence-electron chi connectivity index (χ2n) is 3.80. The van der Waals surface area contributed by atoms with Crippen molar-refractivity contribution in [3.63, 3.8) is 0 Å². The van der Waals surface area contributed by atoms with Crippen LogP contribution in [0.1, 0.15) is 19.4 Å². The van der Waals surface area contributed by atoms with Crippen LogP contribution in [0.4, 0.5) is 5.69 Å². The van der Waals surface area contributed by atoms with Crippen LogP contribution in [0.5, 0.6) is 5.75 Å². The molecule has 1 aromatic carbocycles. The number of carbonyl (C=O) groups is 1. The van der Waals surface area contributed by atoms with Crippen molar-refractivity contribution in [3.05, 3.63) is 33.9 Å². The lowest BCUT2D eigenvalue weighted by Crippen LogP contribution is -2.18. The van der Waals surface area contributed by atoms with Gasteiger partial charge in [-0.2, -0.15) is 0 Å². The van der Waals surface area contributed by atoms with Gasteiger partial charge in [0.15, 0.2) is 5.75 Å². The molecule has 0 fully saturated rings. The molecule has 0 saturated carbocycles. The predicted molar refractivity (Wildman–Crippen MR) is 53.9 cm³/mol. The average molecular weight is 209 g/mol. The molecule has 80 valence electrons. The fourth-order valence-electron chi connectivity index (χ4n) is 1.15. The van der Waals surface area contributed by atoms with Gasteiger partial charge in [0.1, 0.15) is 6.29 Å². The van der Waals surface area contributed by atoms with Gasteiger partial charge in [0.25, 0.3) is 0 Å². The van der Waals surface area contributed by atoms with E-state index in [-0.39, 0.29) is 5.69 Å². The van der Waals surface area contributed by atoms with E-state index in [1.165, 1.54) is 18.2 Å². The summed E-state index contributed by atoms with van der Waals surface area (Å²) in [6.07, 6.45) is 0.730. The standard InChI is InChI=1S/C10H11NO4/c1-10(2,6-12)7-3-4-8(11(14)15)9(13)5-7/h3-6,13H,1-2H3. The number of hydrogen-bond donors (Lipinski definition) is 1. The normalized spacial score (nSPS) is 11.1. The molecule has 1 rings (SSSR count). The van der Waals surface area contributed by atoms with E-state index in [2.05, 4.69) is 0 Å². The number of aldehydes is 1. The van der Waals surface area contributed by atoms with E-state index in [1.54, 1.807) is 13.8 Å². The molecule has 0 saturated heterocycles. The minimum atomic E-state index is -0.757. The number of carbonyl (C=O) groups excluding carboxylic acids is 1. The number of aromatic hydroxyl groups is 1. The third-order valence-electron chi connectivity index (χ3n) is 2.21. The van der Waals surface area contributed by atoms with Crippen molar-refractivity contribution in [3.8, 4) is 5.75 Å². The van der Waals surface area contributed by atoms with Crippen molar-refractivity contribution < 1.29 is 14.8 Å². The lowest BCUT2D eigenvalue weighted by molar-refractivity contribution is -0.385. The molecule has 0 aromatic heterocycles. The molecular weight excluding hydrogens is 198 g/mol. The van der Waals surface area contributed by atoms with Gasteiger partial charge in [0, 0.05) is 11.5 Å². The lowest BCUT2D eigenvalue weighted by Gasteiger charge is -2.16. The molecule has 0 spiro atoms. The van der Waals surface area contributed by atoms with E-state index in [0.717, 1.165) is 6.29 Å². The molecule has 0 heterocycles. The first kappa shape index (κ1) is 11.2. The molecule has 5 heteroatoms. The van der Waals surface area contributed by atoms with Crippen molar-refractivity contribution in [2.75, 3.05) is 0 Å². The van der Waals surface area contributed by atoms with Gasteiger partial charge in [-0.25, -0.2) is 0 Å². The molecule has 1 N–H and O–H groups in total. The van der Waals surface area contributed by atoms with Gasteiger partial charge in [-0.3, -0.25) is 10.1 Å². The van der Waals surface area contributed by atoms with Gasteiger partial charge < -0.3 is 9.90 Å². The van der Waals surface area contributed by atoms with Crippen molar-refractivity contribution in [2.45, 2.75) is 19.3 Å². The summed E-state index contributed by atoms with van der Waals surface area (Å²) < 4.78 is 0. The molecule has 5 nitrogen and oxygen atoms in total. The minimum Gasteiger partial charge on any atom is -0.502 e. The molecular formula is C10H11NO4. The van der Waals surface area contributed by atoms with Crippen LogP contribution in [0.2, 0.25) is 0 Å². The molecule has 0 unspecified atom stereocenters. The van der Waals surface area contributed by atoms with Crippen LogP contribution in [0, 0.1) is 10.1 Å². The number of phenols is 1. The SMILES string of the molecule is CC(C)(C=O)c1ccc([N+](=O)[O-])c(O)c1. The first-order valence-electron chi connectivity index (χ1n) is 4.32. The van der Waals surface area contributed by atoms with E-state index >= 15 is 0 Å². The summed E-state index contributed by atoms with van der Waals surface area (Å²) in [5, 5.41) is 19.8. The van der Waals surface area contributed by atoms with Crippen molar-refractivity contribution in [1.29, 1.82) is 0 Å². The molecule has 0 aliphatic rings. The van der Waals surface area contributed by atoms with E-state index in [0.29, 0.717) is 5.56 Å². The number of benzene rings is 1. The summed E-state index contributed by atoms with van der Waals surface area (Å²) in [6.45, 7) is 3.33. The molecule has 1 aromatic rings. The third kappa shape index (κ3) is 2.12. The Morgan fingerprint density at radius 3 is 2.47 bits per heavy atom. The topological polar surface area (TPSA) is 80.4 Å². The second-order valence-corrected chi connectivity index (χ2v) is 3.80. The Labute approximate surface area is 86.5 Å². The Bertz CT molecular complexity index is 412. The smallest absolute Gasteiger partial charge is 0.310 e. The highest BCUT2D eigenvalue weighted by Crippen LogP contribution is 2.31. The molecule has 15 heavy (non-hydrogen) atoms. The van der Waals surface area contributed by atoms with Gasteiger partial charge in [-0.1, -0.05) is 6.07 Å². The molecule has 0 aliphatic heterocycles. The highest BCUT2D eigenvalue weighted by atomic mass is 16.6. The highest BCUT2D eigenvalue weighted by molar-refractivity contribution is 5.68. The number of phenolic OH excluding ortho intramolecular Hbond substituents is 1. The van der Waals surface area contributed by atoms with Gasteiger partial charge in [0.05, 0.1) is 4.92 Å². The van der Waals surface area contributed by atoms with Crippen molar-refractivity contribution in [1.82, 2.24) is 0 Å². The van der Waals surface area contributed by atoms with E-state index in [4.69, 9.17) is 0 Å². The van der Waals surface area contributed by atoms with Gasteiger partial charge in [-0.05, 0) is 25.5 Å². The zero-order valence-corrected chi connectivity index (χ0v) is 8.43. The molecule has 0 aliphatic carbocycles. The maximum Gasteiger partial charge on any atom is 0.310 e. The zero-order chi connectivity index (χ0) is 11.6. The Morgan fingerprint density at radius 1 is 1.47 bits per heavy atom. The Morgan fingerprint density at radius 2 is 2.07 bits per heavy atom. The Kier molecular flexibility index (Phi) is 2.74. The molecule has 0 atom stereocenters. The second kappa shape index (κ2) is 3.68. The number of nitro groups is 1. The maximum absolute atomic E-state index is 10.7. The number of nitrogens with zero attached hydrogens (tertiary/aromatic N) is 1. The van der Waals surface area contributed by atoms with Gasteiger partial charge in [-0.15, -0.1) is 0 Å². The van der Waals surface area contributed by atoms with E-state index < -0.39 is 16.1 Å². The van der Waals surface area contributed by atoms with Crippen molar-refractivity contribution in [2.24, 2.45) is 0 Å². The summed E-state index contributed by atoms with van der Waals surface area (Å²) >= 11 is 0. The van der Waals surface area contributed by atoms with Crippen LogP contribution >= 0.6 is 0 Å². The van der Waals surface area contributed by atoms with Gasteiger partial charge in [0.2, 0.25) is 0 Å². The third-order valence-corrected chi connectivity index (χ3v) is 2.21. The monoisotopic (exact) mass is 209 g/mol. The van der Waals surface area contributed by atoms with Crippen LogP contribution in [0.25, 0.3) is 0 Å². The summed E-state index contributed by atoms with van der Waals surface area (Å²) in [5.41, 5.74) is -0.576. The minimum absolute atomic E-state index is 0.361. The number of hydrogen-bond acceptors (Lipinski definition) is 4. The van der Waals surface area contributed by atoms with E-state index in [1.807, 2.05) is 0 Å². The largest absolute Gasteiger partial charge is 0.502 e. The Hall–Kier alpha value is -1.91. The Balaban J connectivity index is 3.23. The fraction of sp³-hybridized carbons (Fsp3) is 0.300. The fourth-order valence-corrected chi connectivity index (χ4v) is 1.15. The first-order valence-corrected chi connectivity index (χ1v) is 4.32.